The molecule has 3 rings (SSSR count). The van der Waals surface area contributed by atoms with Crippen molar-refractivity contribution in [1.82, 2.24) is 0 Å². The van der Waals surface area contributed by atoms with Crippen LogP contribution >= 0.6 is 15.9 Å². The van der Waals surface area contributed by atoms with Crippen molar-refractivity contribution >= 4 is 15.9 Å². The molecule has 2 N–H and O–H groups in total. The molecule has 1 unspecified atom stereocenters. The number of fused-ring (bicyclic) bond motifs is 1. The van der Waals surface area contributed by atoms with Gasteiger partial charge >= 0.3 is 0 Å². The lowest BCUT2D eigenvalue weighted by Gasteiger charge is -2.20. The zero-order valence-corrected chi connectivity index (χ0v) is 12.6. The van der Waals surface area contributed by atoms with E-state index in [4.69, 9.17) is 15.2 Å². The minimum Gasteiger partial charge on any atom is -0.486 e. The van der Waals surface area contributed by atoms with Crippen LogP contribution in [0.1, 0.15) is 17.2 Å². The van der Waals surface area contributed by atoms with E-state index in [-0.39, 0.29) is 6.04 Å². The van der Waals surface area contributed by atoms with Crippen LogP contribution < -0.4 is 15.2 Å². The standard InChI is InChI=1S/C16H16BrNO2/c17-13-3-1-2-11(8-13)9-14(18)12-4-5-15-16(10-12)20-7-6-19-15/h1-5,8,10,14H,6-7,9,18H2. The van der Waals surface area contributed by atoms with Crippen molar-refractivity contribution in [2.24, 2.45) is 5.73 Å². The molecule has 1 aliphatic heterocycles. The molecule has 0 bridgehead atoms. The molecule has 1 atom stereocenters. The molecule has 0 saturated carbocycles. The van der Waals surface area contributed by atoms with Crippen LogP contribution in [0.25, 0.3) is 0 Å². The van der Waals surface area contributed by atoms with Crippen LogP contribution in [0.4, 0.5) is 0 Å². The molecule has 1 heterocycles. The molecule has 0 amide bonds. The number of nitrogens with two attached hydrogens (primary N) is 1. The second-order valence-electron chi connectivity index (χ2n) is 4.84. The maximum atomic E-state index is 6.30. The summed E-state index contributed by atoms with van der Waals surface area (Å²) >= 11 is 3.48. The fourth-order valence-electron chi connectivity index (χ4n) is 2.33. The molecular formula is C16H16BrNO2. The molecule has 4 heteroatoms. The molecule has 0 fully saturated rings. The Labute approximate surface area is 126 Å². The Morgan fingerprint density at radius 2 is 1.85 bits per heavy atom. The van der Waals surface area contributed by atoms with Crippen LogP contribution in [-0.4, -0.2) is 13.2 Å². The predicted octanol–water partition coefficient (Wildman–Crippen LogP) is 3.46. The fraction of sp³-hybridized carbons (Fsp3) is 0.250. The Hall–Kier alpha value is -1.52. The van der Waals surface area contributed by atoms with E-state index in [9.17, 15) is 0 Å². The van der Waals surface area contributed by atoms with Crippen LogP contribution in [0.2, 0.25) is 0 Å². The van der Waals surface area contributed by atoms with Gasteiger partial charge in [0, 0.05) is 10.5 Å². The summed E-state index contributed by atoms with van der Waals surface area (Å²) in [5, 5.41) is 0. The minimum absolute atomic E-state index is 0.0554. The van der Waals surface area contributed by atoms with E-state index in [0.29, 0.717) is 13.2 Å². The third-order valence-electron chi connectivity index (χ3n) is 3.34. The van der Waals surface area contributed by atoms with Crippen molar-refractivity contribution in [3.05, 3.63) is 58.1 Å². The number of hydrogen-bond donors (Lipinski definition) is 1. The zero-order chi connectivity index (χ0) is 13.9. The van der Waals surface area contributed by atoms with E-state index in [1.165, 1.54) is 5.56 Å². The molecule has 3 nitrogen and oxygen atoms in total. The second-order valence-corrected chi connectivity index (χ2v) is 5.76. The highest BCUT2D eigenvalue weighted by atomic mass is 79.9. The first-order chi connectivity index (χ1) is 9.72. The maximum Gasteiger partial charge on any atom is 0.161 e. The van der Waals surface area contributed by atoms with Gasteiger partial charge < -0.3 is 15.2 Å². The molecule has 0 aliphatic carbocycles. The van der Waals surface area contributed by atoms with E-state index < -0.39 is 0 Å². The Morgan fingerprint density at radius 3 is 2.65 bits per heavy atom. The lowest BCUT2D eigenvalue weighted by molar-refractivity contribution is 0.171. The summed E-state index contributed by atoms with van der Waals surface area (Å²) in [4.78, 5) is 0. The zero-order valence-electron chi connectivity index (χ0n) is 11.0. The highest BCUT2D eigenvalue weighted by Gasteiger charge is 2.15. The van der Waals surface area contributed by atoms with Crippen molar-refractivity contribution in [3.8, 4) is 11.5 Å². The highest BCUT2D eigenvalue weighted by Crippen LogP contribution is 2.32. The van der Waals surface area contributed by atoms with Crippen molar-refractivity contribution in [2.45, 2.75) is 12.5 Å². The van der Waals surface area contributed by atoms with Crippen molar-refractivity contribution < 1.29 is 9.47 Å². The number of halogens is 1. The third kappa shape index (κ3) is 2.97. The topological polar surface area (TPSA) is 44.5 Å². The van der Waals surface area contributed by atoms with Gasteiger partial charge in [0.2, 0.25) is 0 Å². The lowest BCUT2D eigenvalue weighted by atomic mass is 9.99. The quantitative estimate of drug-likeness (QED) is 0.935. The van der Waals surface area contributed by atoms with Crippen LogP contribution in [0.15, 0.2) is 46.9 Å². The van der Waals surface area contributed by atoms with Gasteiger partial charge in [0.05, 0.1) is 0 Å². The van der Waals surface area contributed by atoms with Gasteiger partial charge in [-0.1, -0.05) is 34.1 Å². The predicted molar refractivity (Wildman–Crippen MR) is 82.2 cm³/mol. The average molecular weight is 334 g/mol. The average Bonchev–Trinajstić information content (AvgIpc) is 2.47. The van der Waals surface area contributed by atoms with Crippen LogP contribution in [-0.2, 0) is 6.42 Å². The number of ether oxygens (including phenoxy) is 2. The van der Waals surface area contributed by atoms with Gasteiger partial charge in [0.25, 0.3) is 0 Å². The van der Waals surface area contributed by atoms with E-state index in [1.54, 1.807) is 0 Å². The third-order valence-corrected chi connectivity index (χ3v) is 3.83. The normalized spacial score (nSPS) is 14.9. The first-order valence-electron chi connectivity index (χ1n) is 6.62. The lowest BCUT2D eigenvalue weighted by Crippen LogP contribution is -2.17. The molecule has 0 spiro atoms. The van der Waals surface area contributed by atoms with Gasteiger partial charge in [0.15, 0.2) is 11.5 Å². The number of benzene rings is 2. The highest BCUT2D eigenvalue weighted by molar-refractivity contribution is 9.10. The molecule has 0 saturated heterocycles. The summed E-state index contributed by atoms with van der Waals surface area (Å²) in [6, 6.07) is 14.1. The second kappa shape index (κ2) is 5.85. The summed E-state index contributed by atoms with van der Waals surface area (Å²) in [5.74, 6) is 1.59. The summed E-state index contributed by atoms with van der Waals surface area (Å²) in [6.45, 7) is 1.20. The van der Waals surface area contributed by atoms with Gasteiger partial charge in [-0.25, -0.2) is 0 Å². The molecular weight excluding hydrogens is 318 g/mol. The van der Waals surface area contributed by atoms with Gasteiger partial charge in [-0.05, 0) is 41.8 Å². The van der Waals surface area contributed by atoms with Gasteiger partial charge in [-0.3, -0.25) is 0 Å². The monoisotopic (exact) mass is 333 g/mol. The smallest absolute Gasteiger partial charge is 0.161 e. The summed E-state index contributed by atoms with van der Waals surface area (Å²) in [5.41, 5.74) is 8.57. The van der Waals surface area contributed by atoms with E-state index in [0.717, 1.165) is 28.0 Å². The van der Waals surface area contributed by atoms with Gasteiger partial charge in [0.1, 0.15) is 13.2 Å². The number of hydrogen-bond acceptors (Lipinski definition) is 3. The van der Waals surface area contributed by atoms with Crippen LogP contribution in [0, 0.1) is 0 Å². The van der Waals surface area contributed by atoms with Crippen molar-refractivity contribution in [1.29, 1.82) is 0 Å². The molecule has 0 aromatic heterocycles. The largest absolute Gasteiger partial charge is 0.486 e. The fourth-order valence-corrected chi connectivity index (χ4v) is 2.77. The molecule has 104 valence electrons. The molecule has 1 aliphatic rings. The number of rotatable bonds is 3. The molecule has 0 radical (unpaired) electrons. The summed E-state index contributed by atoms with van der Waals surface area (Å²) in [7, 11) is 0. The van der Waals surface area contributed by atoms with E-state index in [1.807, 2.05) is 30.3 Å². The van der Waals surface area contributed by atoms with Crippen molar-refractivity contribution in [3.63, 3.8) is 0 Å². The Morgan fingerprint density at radius 1 is 1.05 bits per heavy atom. The first-order valence-corrected chi connectivity index (χ1v) is 7.41. The van der Waals surface area contributed by atoms with Crippen LogP contribution in [0.3, 0.4) is 0 Å². The Kier molecular flexibility index (Phi) is 3.94. The molecule has 2 aromatic rings. The SMILES string of the molecule is NC(Cc1cccc(Br)c1)c1ccc2c(c1)OCCO2. The minimum atomic E-state index is -0.0554. The summed E-state index contributed by atoms with van der Waals surface area (Å²) in [6.07, 6.45) is 0.791. The van der Waals surface area contributed by atoms with E-state index in [2.05, 4.69) is 28.1 Å². The Bertz CT molecular complexity index is 615. The first kappa shape index (κ1) is 13.5. The van der Waals surface area contributed by atoms with Crippen molar-refractivity contribution in [2.75, 3.05) is 13.2 Å². The Balaban J connectivity index is 1.78. The van der Waals surface area contributed by atoms with Gasteiger partial charge in [-0.15, -0.1) is 0 Å². The molecule has 20 heavy (non-hydrogen) atoms. The van der Waals surface area contributed by atoms with Gasteiger partial charge in [-0.2, -0.15) is 0 Å². The summed E-state index contributed by atoms with van der Waals surface area (Å²) < 4.78 is 12.2. The molecule has 2 aromatic carbocycles. The van der Waals surface area contributed by atoms with E-state index >= 15 is 0 Å². The van der Waals surface area contributed by atoms with Crippen LogP contribution in [0.5, 0.6) is 11.5 Å². The maximum absolute atomic E-state index is 6.30.